The lowest BCUT2D eigenvalue weighted by atomic mass is 10.1. The number of nitro groups is 1. The van der Waals surface area contributed by atoms with Gasteiger partial charge in [-0.05, 0) is 28.8 Å². The van der Waals surface area contributed by atoms with Crippen LogP contribution >= 0.6 is 23.2 Å². The summed E-state index contributed by atoms with van der Waals surface area (Å²) in [6.45, 7) is 0. The van der Waals surface area contributed by atoms with Gasteiger partial charge in [-0.15, -0.1) is 0 Å². The number of alkyl halides is 2. The normalized spacial score (nSPS) is 17.4. The number of carbonyl (C=O) groups excluding carboxylic acids is 2. The number of halogens is 2. The van der Waals surface area contributed by atoms with E-state index in [0.717, 1.165) is 4.90 Å². The molecule has 1 atom stereocenters. The van der Waals surface area contributed by atoms with Gasteiger partial charge in [-0.1, -0.05) is 30.3 Å². The summed E-state index contributed by atoms with van der Waals surface area (Å²) in [6.07, 6.45) is 0.00742. The van der Waals surface area contributed by atoms with E-state index in [1.54, 1.807) is 18.2 Å². The van der Waals surface area contributed by atoms with E-state index in [1.807, 2.05) is 0 Å². The molecule has 0 aliphatic carbocycles. The molecule has 1 aromatic carbocycles. The third kappa shape index (κ3) is 2.48. The number of likely N-dealkylation sites (tertiary alicyclic amines) is 1. The van der Waals surface area contributed by atoms with Crippen molar-refractivity contribution >= 4 is 35.0 Å². The maximum atomic E-state index is 11.8. The molecule has 8 heteroatoms. The summed E-state index contributed by atoms with van der Waals surface area (Å²) in [6, 6.07) is 6.65. The van der Waals surface area contributed by atoms with Crippen molar-refractivity contribution < 1.29 is 14.5 Å². The summed E-state index contributed by atoms with van der Waals surface area (Å²) in [5, 5.41) is 11.1. The average Bonchev–Trinajstić information content (AvgIpc) is 2.72. The van der Waals surface area contributed by atoms with Gasteiger partial charge in [0.1, 0.15) is 0 Å². The van der Waals surface area contributed by atoms with Crippen LogP contribution in [0.25, 0.3) is 0 Å². The van der Waals surface area contributed by atoms with Gasteiger partial charge in [-0.25, -0.2) is 0 Å². The van der Waals surface area contributed by atoms with Gasteiger partial charge in [0.15, 0.2) is 6.04 Å². The van der Waals surface area contributed by atoms with Gasteiger partial charge in [0, 0.05) is 12.8 Å². The molecule has 0 saturated carbocycles. The molecule has 0 bridgehead atoms. The van der Waals surface area contributed by atoms with E-state index in [4.69, 9.17) is 23.2 Å². The van der Waals surface area contributed by atoms with Gasteiger partial charge < -0.3 is 0 Å². The maximum Gasteiger partial charge on any atom is 0.395 e. The highest BCUT2D eigenvalue weighted by Gasteiger charge is 2.55. The van der Waals surface area contributed by atoms with Crippen molar-refractivity contribution in [2.45, 2.75) is 23.3 Å². The second-order valence-corrected chi connectivity index (χ2v) is 5.66. The van der Waals surface area contributed by atoms with Gasteiger partial charge >= 0.3 is 4.46 Å². The van der Waals surface area contributed by atoms with Crippen molar-refractivity contribution in [1.29, 1.82) is 0 Å². The number of imide groups is 1. The molecule has 6 nitrogen and oxygen atoms in total. The van der Waals surface area contributed by atoms with E-state index in [0.29, 0.717) is 5.56 Å². The Morgan fingerprint density at radius 3 is 2.10 bits per heavy atom. The standard InChI is InChI=1S/C12H10Cl2N2O4/c13-12(14,16(19)20)11(8-4-2-1-3-5-8)15-9(17)6-7-10(15)18/h1-5,11H,6-7H2. The van der Waals surface area contributed by atoms with Crippen LogP contribution in [0.15, 0.2) is 30.3 Å². The largest absolute Gasteiger partial charge is 0.395 e. The van der Waals surface area contributed by atoms with E-state index >= 15 is 0 Å². The summed E-state index contributed by atoms with van der Waals surface area (Å²) < 4.78 is -2.50. The molecule has 0 aromatic heterocycles. The van der Waals surface area contributed by atoms with Crippen molar-refractivity contribution in [2.24, 2.45) is 0 Å². The molecule has 1 aliphatic heterocycles. The number of rotatable bonds is 4. The Kier molecular flexibility index (Phi) is 3.96. The van der Waals surface area contributed by atoms with Gasteiger partial charge in [0.05, 0.1) is 4.92 Å². The fourth-order valence-corrected chi connectivity index (χ4v) is 2.57. The Hall–Kier alpha value is -1.66. The van der Waals surface area contributed by atoms with Crippen LogP contribution in [0.1, 0.15) is 24.4 Å². The third-order valence-electron chi connectivity index (χ3n) is 3.04. The highest BCUT2D eigenvalue weighted by Crippen LogP contribution is 2.42. The molecule has 0 N–H and O–H groups in total. The molecule has 1 saturated heterocycles. The van der Waals surface area contributed by atoms with Crippen molar-refractivity contribution in [2.75, 3.05) is 0 Å². The maximum absolute atomic E-state index is 11.8. The first-order valence-electron chi connectivity index (χ1n) is 5.78. The lowest BCUT2D eigenvalue weighted by Gasteiger charge is -2.29. The average molecular weight is 317 g/mol. The Morgan fingerprint density at radius 2 is 1.65 bits per heavy atom. The highest BCUT2D eigenvalue weighted by atomic mass is 35.5. The van der Waals surface area contributed by atoms with Crippen LogP contribution < -0.4 is 0 Å². The van der Waals surface area contributed by atoms with Gasteiger partial charge in [0.2, 0.25) is 11.8 Å². The molecule has 20 heavy (non-hydrogen) atoms. The van der Waals surface area contributed by atoms with Crippen LogP contribution in [0.4, 0.5) is 0 Å². The van der Waals surface area contributed by atoms with E-state index in [1.165, 1.54) is 12.1 Å². The Labute approximate surface area is 124 Å². The van der Waals surface area contributed by atoms with E-state index < -0.39 is 27.2 Å². The second-order valence-electron chi connectivity index (χ2n) is 4.32. The molecule has 2 rings (SSSR count). The number of amides is 2. The molecule has 0 spiro atoms. The molecule has 1 unspecified atom stereocenters. The monoisotopic (exact) mass is 316 g/mol. The number of nitrogens with zero attached hydrogens (tertiary/aromatic N) is 2. The molecule has 1 aliphatic rings. The fraction of sp³-hybridized carbons (Fsp3) is 0.333. The van der Waals surface area contributed by atoms with Crippen LogP contribution in [0, 0.1) is 10.1 Å². The van der Waals surface area contributed by atoms with Crippen molar-refractivity contribution in [1.82, 2.24) is 4.90 Å². The molecule has 106 valence electrons. The zero-order chi connectivity index (χ0) is 14.9. The van der Waals surface area contributed by atoms with Crippen LogP contribution in [-0.4, -0.2) is 26.1 Å². The van der Waals surface area contributed by atoms with Crippen LogP contribution in [0.5, 0.6) is 0 Å². The third-order valence-corrected chi connectivity index (χ3v) is 3.73. The van der Waals surface area contributed by atoms with E-state index in [2.05, 4.69) is 0 Å². The molecule has 1 heterocycles. The summed E-state index contributed by atoms with van der Waals surface area (Å²) in [4.78, 5) is 34.6. The molecular formula is C12H10Cl2N2O4. The van der Waals surface area contributed by atoms with Crippen molar-refractivity contribution in [3.8, 4) is 0 Å². The predicted molar refractivity (Wildman–Crippen MR) is 71.7 cm³/mol. The number of carbonyl (C=O) groups is 2. The summed E-state index contributed by atoms with van der Waals surface area (Å²) >= 11 is 11.6. The van der Waals surface area contributed by atoms with Gasteiger partial charge in [-0.2, -0.15) is 0 Å². The van der Waals surface area contributed by atoms with Gasteiger partial charge in [0.25, 0.3) is 0 Å². The number of benzene rings is 1. The van der Waals surface area contributed by atoms with Crippen molar-refractivity contribution in [3.63, 3.8) is 0 Å². The molecule has 1 aromatic rings. The van der Waals surface area contributed by atoms with Crippen LogP contribution in [0.2, 0.25) is 0 Å². The predicted octanol–water partition coefficient (Wildman–Crippen LogP) is 2.28. The first-order valence-corrected chi connectivity index (χ1v) is 6.53. The lowest BCUT2D eigenvalue weighted by Crippen LogP contribution is -2.46. The molecule has 1 fully saturated rings. The zero-order valence-electron chi connectivity index (χ0n) is 10.2. The Morgan fingerprint density at radius 1 is 1.15 bits per heavy atom. The highest BCUT2D eigenvalue weighted by molar-refractivity contribution is 6.47. The number of hydrogen-bond acceptors (Lipinski definition) is 4. The number of hydrogen-bond donors (Lipinski definition) is 0. The van der Waals surface area contributed by atoms with Crippen LogP contribution in [0.3, 0.4) is 0 Å². The van der Waals surface area contributed by atoms with E-state index in [9.17, 15) is 19.7 Å². The first-order chi connectivity index (χ1) is 9.35. The molecule has 0 radical (unpaired) electrons. The summed E-state index contributed by atoms with van der Waals surface area (Å²) in [5.74, 6) is -1.03. The Bertz CT molecular complexity index is 546. The fourth-order valence-electron chi connectivity index (χ4n) is 2.12. The topological polar surface area (TPSA) is 80.5 Å². The lowest BCUT2D eigenvalue weighted by molar-refractivity contribution is -0.523. The smallest absolute Gasteiger partial charge is 0.274 e. The minimum Gasteiger partial charge on any atom is -0.274 e. The quantitative estimate of drug-likeness (QED) is 0.280. The summed E-state index contributed by atoms with van der Waals surface area (Å²) in [7, 11) is 0. The SMILES string of the molecule is O=C1CCC(=O)N1C(c1ccccc1)C(Cl)(Cl)[N+](=O)[O-]. The molecular weight excluding hydrogens is 307 g/mol. The van der Waals surface area contributed by atoms with Crippen LogP contribution in [-0.2, 0) is 9.59 Å². The Balaban J connectivity index is 2.53. The van der Waals surface area contributed by atoms with Crippen molar-refractivity contribution in [3.05, 3.63) is 46.0 Å². The summed E-state index contributed by atoms with van der Waals surface area (Å²) in [5.41, 5.74) is 0.331. The first kappa shape index (κ1) is 14.7. The second kappa shape index (κ2) is 5.38. The van der Waals surface area contributed by atoms with E-state index in [-0.39, 0.29) is 12.8 Å². The molecule has 2 amide bonds. The minimum absolute atomic E-state index is 0.00371. The van der Waals surface area contributed by atoms with Gasteiger partial charge in [-0.3, -0.25) is 24.6 Å². The minimum atomic E-state index is -2.50. The zero-order valence-corrected chi connectivity index (χ0v) is 11.7.